The number of terminal acetylenes is 1. The summed E-state index contributed by atoms with van der Waals surface area (Å²) in [6.45, 7) is 6.63. The molecule has 4 aliphatic rings. The zero-order chi connectivity index (χ0) is 36.3. The Morgan fingerprint density at radius 3 is 2.39 bits per heavy atom. The van der Waals surface area contributed by atoms with Crippen molar-refractivity contribution in [3.05, 3.63) is 33.5 Å². The Labute approximate surface area is 371 Å². The zero-order valence-corrected chi connectivity index (χ0v) is 39.3. The number of aliphatic hydroxyl groups is 5. The summed E-state index contributed by atoms with van der Waals surface area (Å²) in [5, 5.41) is 63.4. The number of carbonyl (C=O) groups is 4. The van der Waals surface area contributed by atoms with Crippen LogP contribution < -0.4 is 5.32 Å². The van der Waals surface area contributed by atoms with Crippen LogP contribution in [-0.4, -0.2) is 110 Å². The summed E-state index contributed by atoms with van der Waals surface area (Å²) in [5.74, 6) is -2.11. The molecular formula is C34H43Ac2NO13S. The van der Waals surface area contributed by atoms with E-state index in [-0.39, 0.29) is 125 Å². The number of fused-ring (bicyclic) bond motifs is 5. The number of ether oxygens (including phenoxy) is 4. The van der Waals surface area contributed by atoms with Gasteiger partial charge in [-0.2, -0.15) is 0 Å². The van der Waals surface area contributed by atoms with Crippen LogP contribution in [0, 0.1) is 117 Å². The second kappa shape index (κ2) is 16.7. The maximum Gasteiger partial charge on any atom is 0.407 e. The molecule has 17 heteroatoms. The number of carbonyl (C=O) groups excluding carboxylic acids is 4. The van der Waals surface area contributed by atoms with Crippen LogP contribution in [0.4, 0.5) is 4.79 Å². The van der Waals surface area contributed by atoms with Crippen LogP contribution in [0.1, 0.15) is 64.8 Å². The van der Waals surface area contributed by atoms with Gasteiger partial charge in [0.25, 0.3) is 0 Å². The van der Waals surface area contributed by atoms with E-state index in [1.54, 1.807) is 17.5 Å². The van der Waals surface area contributed by atoms with Crippen LogP contribution in [0.25, 0.3) is 0 Å². The van der Waals surface area contributed by atoms with Gasteiger partial charge < -0.3 is 49.8 Å². The monoisotopic (exact) mass is 1160 g/mol. The molecule has 0 aromatic carbocycles. The van der Waals surface area contributed by atoms with Crippen LogP contribution in [0.2, 0.25) is 0 Å². The predicted octanol–water partition coefficient (Wildman–Crippen LogP) is 0.681. The van der Waals surface area contributed by atoms with E-state index in [9.17, 15) is 44.7 Å². The van der Waals surface area contributed by atoms with Gasteiger partial charge in [-0.05, 0) is 36.4 Å². The molecule has 1 amide bonds. The Hall–Kier alpha value is -0.477. The minimum Gasteiger partial charge on any atom is -0.459 e. The summed E-state index contributed by atoms with van der Waals surface area (Å²) in [7, 11) is 0. The number of rotatable bonds is 8. The zero-order valence-electron chi connectivity index (χ0n) is 29.0. The van der Waals surface area contributed by atoms with Crippen molar-refractivity contribution in [3.8, 4) is 12.3 Å². The molecule has 0 unspecified atom stereocenters. The van der Waals surface area contributed by atoms with Gasteiger partial charge in [0, 0.05) is 131 Å². The molecule has 5 rings (SSSR count). The fourth-order valence-corrected chi connectivity index (χ4v) is 9.09. The average molecular weight is 1160 g/mol. The Morgan fingerprint density at radius 2 is 1.84 bits per heavy atom. The molecule has 274 valence electrons. The van der Waals surface area contributed by atoms with Gasteiger partial charge in [0.15, 0.2) is 11.9 Å². The fourth-order valence-electron chi connectivity index (χ4n) is 8.29. The fraction of sp³-hybridized carbons (Fsp3) is 0.647. The summed E-state index contributed by atoms with van der Waals surface area (Å²) in [6, 6.07) is 1.91. The standard InChI is InChI=1S/C34H43NO13S.2Ac/c1-7-8-11-45-30(42)35-23(19-10-9-12-49-19)25(39)29(41)48-18-14-34(44)28(47-17(3)36)26-32(6,20(37)13-21-33(26,43)15-46-21)27(40)24(38)22(16(18)2)31(34,4)5;;/h1,9-10,12,18,20-21,23-26,28,37-39,43-44H,8,11,13-15H2,2-6H3,(H,35,42);;/t18-,20-,21+,23-,24+,25+,26-,28-,32+,33-,34+;;/m0../s1. The normalized spacial score (nSPS) is 36.0. The third kappa shape index (κ3) is 7.57. The molecule has 51 heavy (non-hydrogen) atoms. The molecule has 2 radical (unpaired) electrons. The maximum atomic E-state index is 14.4. The number of hydrogen-bond acceptors (Lipinski definition) is 14. The molecule has 2 heterocycles. The Kier molecular flexibility index (Phi) is 14.7. The molecule has 1 aliphatic heterocycles. The SMILES string of the molecule is C#CCCOC(=O)N[C@@H](c1cccs1)[C@@H](O)C(=O)O[C@H]1C[C@@]2(O)[C@@H](OC(C)=O)[C@@H]3[C@]4(O)CO[C@@H]4C[C@H](O)[C@@]3(C)C(=O)[C@H](O)C(=C1C)C2(C)C.[Ac].[Ac]. The van der Waals surface area contributed by atoms with E-state index in [1.807, 2.05) is 0 Å². The van der Waals surface area contributed by atoms with Gasteiger partial charge in [0.05, 0.1) is 24.2 Å². The molecule has 1 aromatic heterocycles. The Bertz CT molecular complexity index is 1580. The van der Waals surface area contributed by atoms with Crippen molar-refractivity contribution < 1.29 is 152 Å². The number of alkyl carbamates (subject to hydrolysis) is 1. The van der Waals surface area contributed by atoms with E-state index in [2.05, 4.69) is 11.2 Å². The van der Waals surface area contributed by atoms with Crippen molar-refractivity contribution in [1.82, 2.24) is 5.32 Å². The van der Waals surface area contributed by atoms with E-state index in [0.717, 1.165) is 18.3 Å². The quantitative estimate of drug-likeness (QED) is 0.0696. The van der Waals surface area contributed by atoms with Crippen molar-refractivity contribution in [2.45, 2.75) is 108 Å². The van der Waals surface area contributed by atoms with Gasteiger partial charge in [-0.3, -0.25) is 9.59 Å². The van der Waals surface area contributed by atoms with Crippen LogP contribution in [0.3, 0.4) is 0 Å². The number of thiophene rings is 1. The van der Waals surface area contributed by atoms with E-state index in [4.69, 9.17) is 25.4 Å². The Balaban J connectivity index is 0.00000351. The number of hydrogen-bond donors (Lipinski definition) is 6. The first-order valence-corrected chi connectivity index (χ1v) is 16.9. The topological polar surface area (TPSA) is 218 Å². The molecule has 3 fully saturated rings. The smallest absolute Gasteiger partial charge is 0.407 e. The van der Waals surface area contributed by atoms with Gasteiger partial charge in [0.1, 0.15) is 42.2 Å². The third-order valence-electron chi connectivity index (χ3n) is 11.1. The molecular weight excluding hydrogens is 1120 g/mol. The van der Waals surface area contributed by atoms with E-state index >= 15 is 0 Å². The Morgan fingerprint density at radius 1 is 1.18 bits per heavy atom. The maximum absolute atomic E-state index is 14.4. The van der Waals surface area contributed by atoms with Crippen molar-refractivity contribution in [1.29, 1.82) is 0 Å². The summed E-state index contributed by atoms with van der Waals surface area (Å²) in [4.78, 5) is 53.6. The number of amides is 1. The molecule has 3 aliphatic carbocycles. The van der Waals surface area contributed by atoms with Crippen molar-refractivity contribution >= 4 is 35.2 Å². The number of ketones is 1. The van der Waals surface area contributed by atoms with Gasteiger partial charge in [-0.15, -0.1) is 23.7 Å². The van der Waals surface area contributed by atoms with Gasteiger partial charge in [-0.1, -0.05) is 19.9 Å². The summed E-state index contributed by atoms with van der Waals surface area (Å²) in [6.07, 6.45) is -5.67. The van der Waals surface area contributed by atoms with E-state index < -0.39 is 101 Å². The first-order valence-electron chi connectivity index (χ1n) is 16.0. The molecule has 0 spiro atoms. The number of esters is 2. The predicted molar refractivity (Wildman–Crippen MR) is 170 cm³/mol. The molecule has 11 atom stereocenters. The molecule has 1 aromatic rings. The molecule has 1 saturated heterocycles. The molecule has 14 nitrogen and oxygen atoms in total. The second-order valence-electron chi connectivity index (χ2n) is 14.0. The van der Waals surface area contributed by atoms with Crippen LogP contribution in [0.5, 0.6) is 0 Å². The average Bonchev–Trinajstić information content (AvgIpc) is 3.56. The summed E-state index contributed by atoms with van der Waals surface area (Å²) >= 11 is 1.14. The van der Waals surface area contributed by atoms with Crippen molar-refractivity contribution in [2.24, 2.45) is 16.7 Å². The van der Waals surface area contributed by atoms with Crippen LogP contribution in [-0.2, 0) is 33.3 Å². The first kappa shape index (κ1) is 44.9. The van der Waals surface area contributed by atoms with Crippen LogP contribution >= 0.6 is 11.3 Å². The number of nitrogens with one attached hydrogen (secondary N) is 1. The van der Waals surface area contributed by atoms with E-state index in [1.165, 1.54) is 27.7 Å². The minimum absolute atomic E-state index is 0. The van der Waals surface area contributed by atoms with Crippen molar-refractivity contribution in [2.75, 3.05) is 13.2 Å². The first-order chi connectivity index (χ1) is 22.9. The van der Waals surface area contributed by atoms with Gasteiger partial charge in [-0.25, -0.2) is 9.59 Å². The largest absolute Gasteiger partial charge is 0.459 e. The van der Waals surface area contributed by atoms with Gasteiger partial charge >= 0.3 is 18.0 Å². The number of Topliss-reactive ketones (excluding diaryl/α,β-unsaturated/α-hetero) is 1. The number of aliphatic hydroxyl groups excluding tert-OH is 3. The second-order valence-corrected chi connectivity index (χ2v) is 15.0. The molecule has 6 N–H and O–H groups in total. The third-order valence-corrected chi connectivity index (χ3v) is 12.0. The minimum atomic E-state index is -2.24. The molecule has 2 bridgehead atoms. The summed E-state index contributed by atoms with van der Waals surface area (Å²) < 4.78 is 22.2. The van der Waals surface area contributed by atoms with Crippen molar-refractivity contribution in [3.63, 3.8) is 0 Å². The van der Waals surface area contributed by atoms with E-state index in [0.29, 0.717) is 4.88 Å². The van der Waals surface area contributed by atoms with Crippen LogP contribution in [0.15, 0.2) is 28.7 Å². The summed E-state index contributed by atoms with van der Waals surface area (Å²) in [5.41, 5.74) is -7.40. The molecule has 2 saturated carbocycles. The van der Waals surface area contributed by atoms with Gasteiger partial charge in [0.2, 0.25) is 0 Å².